The van der Waals surface area contributed by atoms with Gasteiger partial charge in [-0.15, -0.1) is 11.3 Å². The molecule has 0 saturated heterocycles. The molecule has 3 aromatic heterocycles. The summed E-state index contributed by atoms with van der Waals surface area (Å²) in [6.45, 7) is 0.383. The van der Waals surface area contributed by atoms with Crippen molar-refractivity contribution in [2.75, 3.05) is 7.05 Å². The number of benzene rings is 1. The number of aromatic nitrogens is 4. The number of nitrogens with zero attached hydrogens (tertiary/aromatic N) is 5. The van der Waals surface area contributed by atoms with Crippen molar-refractivity contribution in [3.8, 4) is 5.69 Å². The van der Waals surface area contributed by atoms with Gasteiger partial charge in [-0.25, -0.2) is 4.68 Å². The van der Waals surface area contributed by atoms with Crippen molar-refractivity contribution in [2.24, 2.45) is 0 Å². The zero-order valence-corrected chi connectivity index (χ0v) is 14.8. The number of para-hydroxylation sites is 1. The summed E-state index contributed by atoms with van der Waals surface area (Å²) in [5, 5.41) is 6.14. The second-order valence-corrected chi connectivity index (χ2v) is 6.70. The van der Waals surface area contributed by atoms with Gasteiger partial charge < -0.3 is 4.90 Å². The maximum absolute atomic E-state index is 12.8. The first-order chi connectivity index (χ1) is 12.6. The van der Waals surface area contributed by atoms with Crippen LogP contribution >= 0.6 is 11.3 Å². The minimum absolute atomic E-state index is 0.245. The van der Waals surface area contributed by atoms with Crippen molar-refractivity contribution in [3.63, 3.8) is 0 Å². The Morgan fingerprint density at radius 1 is 1.27 bits per heavy atom. The van der Waals surface area contributed by atoms with E-state index in [-0.39, 0.29) is 5.91 Å². The Morgan fingerprint density at radius 3 is 2.88 bits per heavy atom. The van der Waals surface area contributed by atoms with Crippen LogP contribution in [0.25, 0.3) is 10.6 Å². The Balaban J connectivity index is 1.57. The van der Waals surface area contributed by atoms with Crippen LogP contribution in [0.4, 0.5) is 0 Å². The molecular weight excluding hydrogens is 350 g/mol. The Labute approximate surface area is 152 Å². The molecule has 26 heavy (non-hydrogen) atoms. The molecule has 3 heterocycles. The first-order valence-corrected chi connectivity index (χ1v) is 8.81. The van der Waals surface area contributed by atoms with Crippen LogP contribution < -0.4 is 5.56 Å². The second-order valence-electron chi connectivity index (χ2n) is 5.83. The lowest BCUT2D eigenvalue weighted by Crippen LogP contribution is -2.29. The molecule has 0 aliphatic rings. The van der Waals surface area contributed by atoms with E-state index in [4.69, 9.17) is 0 Å². The van der Waals surface area contributed by atoms with E-state index >= 15 is 0 Å². The quantitative estimate of drug-likeness (QED) is 0.556. The standard InChI is InChI=1S/C18H15N5O2S/c1-21(11-13-10-19-23(12-13)14-5-3-2-4-6-14)17(25)15-9-16(24)20-18-22(15)7-8-26-18/h2-10,12H,11H2,1H3. The number of fused-ring (bicyclic) bond motifs is 1. The van der Waals surface area contributed by atoms with Gasteiger partial charge in [0.15, 0.2) is 4.96 Å². The highest BCUT2D eigenvalue weighted by atomic mass is 32.1. The van der Waals surface area contributed by atoms with Crippen molar-refractivity contribution in [1.29, 1.82) is 0 Å². The molecule has 1 aromatic carbocycles. The molecule has 7 nitrogen and oxygen atoms in total. The van der Waals surface area contributed by atoms with Crippen LogP contribution in [0.15, 0.2) is 65.2 Å². The second kappa shape index (κ2) is 6.57. The molecule has 0 radical (unpaired) electrons. The molecule has 8 heteroatoms. The molecule has 4 rings (SSSR count). The van der Waals surface area contributed by atoms with Crippen LogP contribution in [-0.2, 0) is 6.54 Å². The Morgan fingerprint density at radius 2 is 2.08 bits per heavy atom. The highest BCUT2D eigenvalue weighted by molar-refractivity contribution is 7.15. The van der Waals surface area contributed by atoms with Gasteiger partial charge in [0.25, 0.3) is 11.5 Å². The van der Waals surface area contributed by atoms with Gasteiger partial charge in [-0.1, -0.05) is 18.2 Å². The summed E-state index contributed by atoms with van der Waals surface area (Å²) in [4.78, 5) is 30.5. The highest BCUT2D eigenvalue weighted by Crippen LogP contribution is 2.13. The van der Waals surface area contributed by atoms with E-state index in [1.807, 2.05) is 36.5 Å². The van der Waals surface area contributed by atoms with Gasteiger partial charge in [0.2, 0.25) is 0 Å². The number of thiazole rings is 1. The highest BCUT2D eigenvalue weighted by Gasteiger charge is 2.17. The number of hydrogen-bond donors (Lipinski definition) is 0. The molecule has 0 aliphatic heterocycles. The Bertz CT molecular complexity index is 1130. The Kier molecular flexibility index (Phi) is 4.10. The van der Waals surface area contributed by atoms with E-state index < -0.39 is 5.56 Å². The van der Waals surface area contributed by atoms with Crippen molar-refractivity contribution in [2.45, 2.75) is 6.54 Å². The minimum atomic E-state index is -0.416. The lowest BCUT2D eigenvalue weighted by atomic mass is 10.3. The fourth-order valence-corrected chi connectivity index (χ4v) is 3.44. The summed E-state index contributed by atoms with van der Waals surface area (Å²) in [7, 11) is 1.70. The van der Waals surface area contributed by atoms with Gasteiger partial charge in [0, 0.05) is 43.0 Å². The van der Waals surface area contributed by atoms with Crippen molar-refractivity contribution < 1.29 is 4.79 Å². The van der Waals surface area contributed by atoms with E-state index in [2.05, 4.69) is 10.1 Å². The molecule has 0 spiro atoms. The summed E-state index contributed by atoms with van der Waals surface area (Å²) < 4.78 is 3.40. The molecule has 0 atom stereocenters. The number of carbonyl (C=O) groups excluding carboxylic acids is 1. The number of rotatable bonds is 4. The van der Waals surface area contributed by atoms with Gasteiger partial charge in [-0.3, -0.25) is 14.0 Å². The van der Waals surface area contributed by atoms with Crippen LogP contribution in [0.2, 0.25) is 0 Å². The smallest absolute Gasteiger partial charge is 0.274 e. The van der Waals surface area contributed by atoms with Gasteiger partial charge in [-0.2, -0.15) is 10.1 Å². The zero-order valence-electron chi connectivity index (χ0n) is 13.9. The summed E-state index contributed by atoms with van der Waals surface area (Å²) in [6.07, 6.45) is 5.36. The number of hydrogen-bond acceptors (Lipinski definition) is 5. The van der Waals surface area contributed by atoms with E-state index in [1.54, 1.807) is 38.8 Å². The van der Waals surface area contributed by atoms with Crippen molar-refractivity contribution in [1.82, 2.24) is 24.1 Å². The largest absolute Gasteiger partial charge is 0.336 e. The monoisotopic (exact) mass is 365 g/mol. The van der Waals surface area contributed by atoms with E-state index in [9.17, 15) is 9.59 Å². The molecule has 0 bridgehead atoms. The van der Waals surface area contributed by atoms with Gasteiger partial charge in [-0.05, 0) is 12.1 Å². The zero-order chi connectivity index (χ0) is 18.1. The fraction of sp³-hybridized carbons (Fsp3) is 0.111. The molecule has 0 unspecified atom stereocenters. The van der Waals surface area contributed by atoms with Crippen molar-refractivity contribution >= 4 is 22.2 Å². The molecule has 1 amide bonds. The van der Waals surface area contributed by atoms with E-state index in [1.165, 1.54) is 17.4 Å². The number of amides is 1. The summed E-state index contributed by atoms with van der Waals surface area (Å²) in [5.41, 5.74) is 1.74. The number of carbonyl (C=O) groups is 1. The average Bonchev–Trinajstić information content (AvgIpc) is 3.30. The van der Waals surface area contributed by atoms with Gasteiger partial charge >= 0.3 is 0 Å². The maximum Gasteiger partial charge on any atom is 0.274 e. The average molecular weight is 365 g/mol. The third kappa shape index (κ3) is 3.02. The van der Waals surface area contributed by atoms with Crippen LogP contribution in [0.3, 0.4) is 0 Å². The van der Waals surface area contributed by atoms with Crippen LogP contribution in [0.5, 0.6) is 0 Å². The third-order valence-corrected chi connectivity index (χ3v) is 4.71. The summed E-state index contributed by atoms with van der Waals surface area (Å²) in [6, 6.07) is 11.0. The molecule has 4 aromatic rings. The lowest BCUT2D eigenvalue weighted by Gasteiger charge is -2.16. The molecule has 130 valence electrons. The van der Waals surface area contributed by atoms with Crippen LogP contribution in [0, 0.1) is 0 Å². The lowest BCUT2D eigenvalue weighted by molar-refractivity contribution is 0.0777. The van der Waals surface area contributed by atoms with Crippen LogP contribution in [-0.4, -0.2) is 37.0 Å². The molecule has 0 fully saturated rings. The third-order valence-electron chi connectivity index (χ3n) is 3.96. The van der Waals surface area contributed by atoms with E-state index in [0.29, 0.717) is 17.2 Å². The van der Waals surface area contributed by atoms with Gasteiger partial charge in [0.05, 0.1) is 11.9 Å². The first kappa shape index (κ1) is 16.2. The van der Waals surface area contributed by atoms with Gasteiger partial charge in [0.1, 0.15) is 5.69 Å². The minimum Gasteiger partial charge on any atom is -0.336 e. The normalized spacial score (nSPS) is 11.0. The predicted octanol–water partition coefficient (Wildman–Crippen LogP) is 2.21. The molecule has 0 saturated carbocycles. The van der Waals surface area contributed by atoms with E-state index in [0.717, 1.165) is 11.3 Å². The predicted molar refractivity (Wildman–Crippen MR) is 98.7 cm³/mol. The summed E-state index contributed by atoms with van der Waals surface area (Å²) >= 11 is 1.32. The maximum atomic E-state index is 12.8. The Hall–Kier alpha value is -3.26. The SMILES string of the molecule is CN(Cc1cnn(-c2ccccc2)c1)C(=O)c1cc(=O)nc2sccn12. The molecular formula is C18H15N5O2S. The van der Waals surface area contributed by atoms with Crippen LogP contribution in [0.1, 0.15) is 16.1 Å². The molecule has 0 N–H and O–H groups in total. The van der Waals surface area contributed by atoms with Crippen molar-refractivity contribution in [3.05, 3.63) is 82.0 Å². The summed E-state index contributed by atoms with van der Waals surface area (Å²) in [5.74, 6) is -0.245. The molecule has 0 aliphatic carbocycles. The first-order valence-electron chi connectivity index (χ1n) is 7.93. The topological polar surface area (TPSA) is 72.5 Å². The fourth-order valence-electron chi connectivity index (χ4n) is 2.72.